The zero-order valence-electron chi connectivity index (χ0n) is 13.1. The van der Waals surface area contributed by atoms with Crippen LogP contribution in [0.2, 0.25) is 5.28 Å². The van der Waals surface area contributed by atoms with Crippen LogP contribution in [0.25, 0.3) is 10.6 Å². The van der Waals surface area contributed by atoms with Gasteiger partial charge in [-0.2, -0.15) is 4.98 Å². The summed E-state index contributed by atoms with van der Waals surface area (Å²) < 4.78 is 11.1. The molecule has 1 unspecified atom stereocenters. The Hall–Kier alpha value is -2.29. The molecule has 1 aliphatic rings. The van der Waals surface area contributed by atoms with Gasteiger partial charge in [0.05, 0.1) is 23.8 Å². The number of rotatable bonds is 5. The summed E-state index contributed by atoms with van der Waals surface area (Å²) in [5, 5.41) is 3.93. The summed E-state index contributed by atoms with van der Waals surface area (Å²) in [5.41, 5.74) is 0.874. The Morgan fingerprint density at radius 2 is 2.24 bits per heavy atom. The lowest BCUT2D eigenvalue weighted by atomic mass is 10.3. The predicted octanol–water partition coefficient (Wildman–Crippen LogP) is 3.56. The number of thiazole rings is 1. The number of nitrogens with zero attached hydrogens (tertiary/aromatic N) is 4. The number of aromatic nitrogens is 4. The first-order valence-corrected chi connectivity index (χ1v) is 8.89. The van der Waals surface area contributed by atoms with Gasteiger partial charge in [-0.3, -0.25) is 4.98 Å². The number of ether oxygens (including phenoxy) is 2. The van der Waals surface area contributed by atoms with Crippen LogP contribution in [-0.4, -0.2) is 39.3 Å². The standard InChI is InChI=1S/C16H14ClN5O2S/c17-15-20-13(7-14(22-15)24-10-4-6-23-9-10)21-16-19-8-12(25-16)11-3-1-2-5-18-11/h1-3,5,7-8,10H,4,6,9H2,(H,19,20,21,22). The molecule has 1 aliphatic heterocycles. The molecule has 0 radical (unpaired) electrons. The van der Waals surface area contributed by atoms with Gasteiger partial charge in [0.25, 0.3) is 0 Å². The molecule has 7 nitrogen and oxygen atoms in total. The fourth-order valence-corrected chi connectivity index (χ4v) is 3.34. The van der Waals surface area contributed by atoms with Gasteiger partial charge in [-0.05, 0) is 23.7 Å². The van der Waals surface area contributed by atoms with Crippen LogP contribution in [0.1, 0.15) is 6.42 Å². The van der Waals surface area contributed by atoms with E-state index in [0.717, 1.165) is 17.0 Å². The van der Waals surface area contributed by atoms with Crippen molar-refractivity contribution in [1.82, 2.24) is 19.9 Å². The van der Waals surface area contributed by atoms with Gasteiger partial charge < -0.3 is 14.8 Å². The molecule has 1 N–H and O–H groups in total. The van der Waals surface area contributed by atoms with E-state index in [1.54, 1.807) is 18.5 Å². The summed E-state index contributed by atoms with van der Waals surface area (Å²) in [5.74, 6) is 0.940. The molecular formula is C16H14ClN5O2S. The minimum Gasteiger partial charge on any atom is -0.472 e. The van der Waals surface area contributed by atoms with Crippen LogP contribution in [-0.2, 0) is 4.74 Å². The van der Waals surface area contributed by atoms with Crippen molar-refractivity contribution in [3.05, 3.63) is 41.9 Å². The van der Waals surface area contributed by atoms with E-state index in [1.807, 2.05) is 18.2 Å². The SMILES string of the molecule is Clc1nc(Nc2ncc(-c3ccccn3)s2)cc(OC2CCOC2)n1. The average molecular weight is 376 g/mol. The normalized spacial score (nSPS) is 16.8. The van der Waals surface area contributed by atoms with Gasteiger partial charge >= 0.3 is 0 Å². The van der Waals surface area contributed by atoms with Crippen molar-refractivity contribution in [1.29, 1.82) is 0 Å². The third kappa shape index (κ3) is 4.04. The molecule has 0 spiro atoms. The highest BCUT2D eigenvalue weighted by Gasteiger charge is 2.18. The van der Waals surface area contributed by atoms with Gasteiger partial charge in [-0.25, -0.2) is 9.97 Å². The van der Waals surface area contributed by atoms with Crippen LogP contribution in [0.3, 0.4) is 0 Å². The molecule has 128 valence electrons. The highest BCUT2D eigenvalue weighted by atomic mass is 35.5. The minimum atomic E-state index is -0.00515. The van der Waals surface area contributed by atoms with Gasteiger partial charge in [-0.15, -0.1) is 0 Å². The van der Waals surface area contributed by atoms with Crippen molar-refractivity contribution in [3.8, 4) is 16.5 Å². The maximum atomic E-state index is 6.00. The molecule has 3 aromatic heterocycles. The third-order valence-electron chi connectivity index (χ3n) is 3.51. The average Bonchev–Trinajstić information content (AvgIpc) is 3.27. The third-order valence-corrected chi connectivity index (χ3v) is 4.61. The fraction of sp³-hybridized carbons (Fsp3) is 0.250. The van der Waals surface area contributed by atoms with Crippen LogP contribution < -0.4 is 10.1 Å². The molecule has 1 atom stereocenters. The van der Waals surface area contributed by atoms with Gasteiger partial charge in [-0.1, -0.05) is 17.4 Å². The molecule has 3 aromatic rings. The summed E-state index contributed by atoms with van der Waals surface area (Å²) in [4.78, 5) is 17.9. The first-order valence-electron chi connectivity index (χ1n) is 7.69. The second-order valence-electron chi connectivity index (χ2n) is 5.33. The topological polar surface area (TPSA) is 82.1 Å². The van der Waals surface area contributed by atoms with Crippen molar-refractivity contribution >= 4 is 33.9 Å². The molecule has 25 heavy (non-hydrogen) atoms. The van der Waals surface area contributed by atoms with Crippen LogP contribution in [0.15, 0.2) is 36.7 Å². The molecular weight excluding hydrogens is 362 g/mol. The zero-order valence-corrected chi connectivity index (χ0v) is 14.6. The van der Waals surface area contributed by atoms with E-state index in [9.17, 15) is 0 Å². The second-order valence-corrected chi connectivity index (χ2v) is 6.70. The Labute approximate surface area is 153 Å². The Morgan fingerprint density at radius 1 is 1.28 bits per heavy atom. The lowest BCUT2D eigenvalue weighted by Gasteiger charge is -2.11. The second kappa shape index (κ2) is 7.30. The highest BCUT2D eigenvalue weighted by Crippen LogP contribution is 2.30. The highest BCUT2D eigenvalue weighted by molar-refractivity contribution is 7.18. The molecule has 0 saturated carbocycles. The number of hydrogen-bond acceptors (Lipinski definition) is 8. The molecule has 0 amide bonds. The minimum absolute atomic E-state index is 0.00515. The number of halogens is 1. The van der Waals surface area contributed by atoms with Crippen molar-refractivity contribution in [2.75, 3.05) is 18.5 Å². The Balaban J connectivity index is 1.50. The first-order chi connectivity index (χ1) is 12.3. The van der Waals surface area contributed by atoms with Crippen molar-refractivity contribution in [2.24, 2.45) is 0 Å². The quantitative estimate of drug-likeness (QED) is 0.682. The molecule has 4 heterocycles. The molecule has 0 aromatic carbocycles. The summed E-state index contributed by atoms with van der Waals surface area (Å²) in [6.07, 6.45) is 4.35. The van der Waals surface area contributed by atoms with E-state index in [2.05, 4.69) is 25.3 Å². The Morgan fingerprint density at radius 3 is 3.04 bits per heavy atom. The maximum absolute atomic E-state index is 6.00. The van der Waals surface area contributed by atoms with Crippen LogP contribution in [0, 0.1) is 0 Å². The maximum Gasteiger partial charge on any atom is 0.227 e. The van der Waals surface area contributed by atoms with E-state index in [-0.39, 0.29) is 11.4 Å². The van der Waals surface area contributed by atoms with Gasteiger partial charge in [0.15, 0.2) is 5.13 Å². The van der Waals surface area contributed by atoms with Gasteiger partial charge in [0, 0.05) is 24.9 Å². The Bertz CT molecular complexity index is 855. The van der Waals surface area contributed by atoms with E-state index in [4.69, 9.17) is 21.1 Å². The lowest BCUT2D eigenvalue weighted by Crippen LogP contribution is -2.16. The summed E-state index contributed by atoms with van der Waals surface area (Å²) in [6, 6.07) is 7.46. The number of nitrogens with one attached hydrogen (secondary N) is 1. The van der Waals surface area contributed by atoms with E-state index >= 15 is 0 Å². The van der Waals surface area contributed by atoms with Gasteiger partial charge in [0.1, 0.15) is 11.9 Å². The lowest BCUT2D eigenvalue weighted by molar-refractivity contribution is 0.138. The number of anilines is 2. The molecule has 1 saturated heterocycles. The largest absolute Gasteiger partial charge is 0.472 e. The number of pyridine rings is 1. The monoisotopic (exact) mass is 375 g/mol. The van der Waals surface area contributed by atoms with Crippen LogP contribution in [0.5, 0.6) is 5.88 Å². The summed E-state index contributed by atoms with van der Waals surface area (Å²) in [7, 11) is 0. The van der Waals surface area contributed by atoms with Gasteiger partial charge in [0.2, 0.25) is 11.2 Å². The van der Waals surface area contributed by atoms with Crippen molar-refractivity contribution in [2.45, 2.75) is 12.5 Å². The van der Waals surface area contributed by atoms with Crippen molar-refractivity contribution in [3.63, 3.8) is 0 Å². The van der Waals surface area contributed by atoms with E-state index < -0.39 is 0 Å². The van der Waals surface area contributed by atoms with Crippen LogP contribution >= 0.6 is 22.9 Å². The molecule has 9 heteroatoms. The molecule has 0 aliphatic carbocycles. The zero-order chi connectivity index (χ0) is 17.1. The molecule has 1 fully saturated rings. The summed E-state index contributed by atoms with van der Waals surface area (Å²) in [6.45, 7) is 1.26. The smallest absolute Gasteiger partial charge is 0.227 e. The Kier molecular flexibility index (Phi) is 4.73. The first kappa shape index (κ1) is 16.2. The van der Waals surface area contributed by atoms with Crippen LogP contribution in [0.4, 0.5) is 10.9 Å². The number of hydrogen-bond donors (Lipinski definition) is 1. The van der Waals surface area contributed by atoms with Crippen molar-refractivity contribution < 1.29 is 9.47 Å². The summed E-state index contributed by atoms with van der Waals surface area (Å²) >= 11 is 7.48. The molecule has 0 bridgehead atoms. The molecule has 4 rings (SSSR count). The van der Waals surface area contributed by atoms with E-state index in [1.165, 1.54) is 11.3 Å². The fourth-order valence-electron chi connectivity index (χ4n) is 2.37. The predicted molar refractivity (Wildman–Crippen MR) is 95.5 cm³/mol. The van der Waals surface area contributed by atoms with E-state index in [0.29, 0.717) is 30.0 Å².